The molecule has 0 amide bonds. The summed E-state index contributed by atoms with van der Waals surface area (Å²) < 4.78 is 3.61. The second-order valence-electron chi connectivity index (χ2n) is 9.04. The number of aryl methyl sites for hydroxylation is 1. The Morgan fingerprint density at radius 1 is 1.06 bits per heavy atom. The van der Waals surface area contributed by atoms with E-state index in [0.29, 0.717) is 23.5 Å². The SMILES string of the molecule is CC(C)N1CCC(n2cc(C(=O)Cc3cc4cc(-c5cnn(C)c5)ncc4cn3)nn2)CC1. The van der Waals surface area contributed by atoms with Gasteiger partial charge in [-0.1, -0.05) is 5.21 Å². The number of likely N-dealkylation sites (tertiary alicyclic amines) is 1. The van der Waals surface area contributed by atoms with Crippen molar-refractivity contribution in [2.75, 3.05) is 13.1 Å². The van der Waals surface area contributed by atoms with Gasteiger partial charge in [0.15, 0.2) is 5.78 Å². The van der Waals surface area contributed by atoms with E-state index in [1.807, 2.05) is 30.1 Å². The number of hydrogen-bond donors (Lipinski definition) is 0. The molecule has 170 valence electrons. The minimum absolute atomic E-state index is 0.0748. The lowest BCUT2D eigenvalue weighted by atomic mass is 10.0. The van der Waals surface area contributed by atoms with Gasteiger partial charge in [0.1, 0.15) is 5.69 Å². The first kappa shape index (κ1) is 21.4. The predicted octanol–water partition coefficient (Wildman–Crippen LogP) is 3.09. The van der Waals surface area contributed by atoms with Gasteiger partial charge in [0.05, 0.1) is 30.6 Å². The van der Waals surface area contributed by atoms with Crippen LogP contribution in [0, 0.1) is 0 Å². The summed E-state index contributed by atoms with van der Waals surface area (Å²) in [4.78, 5) is 24.3. The van der Waals surface area contributed by atoms with E-state index in [2.05, 4.69) is 44.1 Å². The molecule has 0 radical (unpaired) electrons. The maximum Gasteiger partial charge on any atom is 0.190 e. The van der Waals surface area contributed by atoms with Gasteiger partial charge in [0.25, 0.3) is 0 Å². The van der Waals surface area contributed by atoms with Crippen molar-refractivity contribution in [2.45, 2.75) is 45.2 Å². The van der Waals surface area contributed by atoms with Gasteiger partial charge in [-0.3, -0.25) is 19.4 Å². The van der Waals surface area contributed by atoms with Crippen LogP contribution in [0.15, 0.2) is 43.1 Å². The number of carbonyl (C=O) groups excluding carboxylic acids is 1. The van der Waals surface area contributed by atoms with Gasteiger partial charge in [-0.2, -0.15) is 5.10 Å². The Labute approximate surface area is 192 Å². The molecular weight excluding hydrogens is 416 g/mol. The fourth-order valence-corrected chi connectivity index (χ4v) is 4.40. The van der Waals surface area contributed by atoms with Crippen LogP contribution in [0.5, 0.6) is 0 Å². The van der Waals surface area contributed by atoms with Crippen molar-refractivity contribution in [3.63, 3.8) is 0 Å². The third-order valence-corrected chi connectivity index (χ3v) is 6.40. The standard InChI is InChI=1S/C24H28N8O/c1-16(2)31-6-4-21(5-7-31)32-15-23(28-29-32)24(33)10-20-8-17-9-22(19-13-27-30(3)14-19)26-12-18(17)11-25-20/h8-9,11-16,21H,4-7,10H2,1-3H3. The molecule has 4 aromatic rings. The summed E-state index contributed by atoms with van der Waals surface area (Å²) in [6, 6.07) is 4.80. The van der Waals surface area contributed by atoms with Crippen LogP contribution >= 0.6 is 0 Å². The summed E-state index contributed by atoms with van der Waals surface area (Å²) in [5.74, 6) is -0.0748. The smallest absolute Gasteiger partial charge is 0.190 e. The molecule has 33 heavy (non-hydrogen) atoms. The monoisotopic (exact) mass is 444 g/mol. The molecule has 1 aliphatic heterocycles. The summed E-state index contributed by atoms with van der Waals surface area (Å²) in [7, 11) is 1.88. The number of hydrogen-bond acceptors (Lipinski definition) is 7. The molecule has 4 aromatic heterocycles. The molecule has 0 aromatic carbocycles. The van der Waals surface area contributed by atoms with Crippen molar-refractivity contribution in [1.29, 1.82) is 0 Å². The van der Waals surface area contributed by atoms with E-state index in [-0.39, 0.29) is 12.2 Å². The quantitative estimate of drug-likeness (QED) is 0.422. The minimum Gasteiger partial charge on any atom is -0.301 e. The number of ketones is 1. The number of fused-ring (bicyclic) bond motifs is 1. The second-order valence-corrected chi connectivity index (χ2v) is 9.04. The average molecular weight is 445 g/mol. The van der Waals surface area contributed by atoms with Crippen molar-refractivity contribution >= 4 is 16.6 Å². The molecule has 1 fully saturated rings. The lowest BCUT2D eigenvalue weighted by Gasteiger charge is -2.34. The number of rotatable bonds is 6. The van der Waals surface area contributed by atoms with Crippen LogP contribution in [0.2, 0.25) is 0 Å². The van der Waals surface area contributed by atoms with E-state index in [9.17, 15) is 4.79 Å². The molecular formula is C24H28N8O. The van der Waals surface area contributed by atoms with Crippen LogP contribution in [0.1, 0.15) is 48.9 Å². The van der Waals surface area contributed by atoms with Gasteiger partial charge in [0, 0.05) is 61.4 Å². The molecule has 9 heteroatoms. The van der Waals surface area contributed by atoms with Crippen molar-refractivity contribution in [3.05, 3.63) is 54.5 Å². The molecule has 5 rings (SSSR count). The Balaban J connectivity index is 1.29. The molecule has 0 spiro atoms. The van der Waals surface area contributed by atoms with Gasteiger partial charge in [0.2, 0.25) is 0 Å². The second kappa shape index (κ2) is 8.82. The van der Waals surface area contributed by atoms with Crippen LogP contribution in [0.3, 0.4) is 0 Å². The number of carbonyl (C=O) groups is 1. The Hall–Kier alpha value is -3.46. The molecule has 0 aliphatic carbocycles. The molecule has 9 nitrogen and oxygen atoms in total. The Morgan fingerprint density at radius 3 is 2.58 bits per heavy atom. The van der Waals surface area contributed by atoms with E-state index < -0.39 is 0 Å². The Morgan fingerprint density at radius 2 is 1.85 bits per heavy atom. The molecule has 0 N–H and O–H groups in total. The Kier molecular flexibility index (Phi) is 5.72. The third-order valence-electron chi connectivity index (χ3n) is 6.40. The summed E-state index contributed by atoms with van der Waals surface area (Å²) in [5, 5.41) is 14.6. The van der Waals surface area contributed by atoms with E-state index in [1.54, 1.807) is 29.5 Å². The van der Waals surface area contributed by atoms with Crippen molar-refractivity contribution < 1.29 is 4.79 Å². The average Bonchev–Trinajstić information content (AvgIpc) is 3.48. The Bertz CT molecular complexity index is 1280. The molecule has 5 heterocycles. The minimum atomic E-state index is -0.0748. The van der Waals surface area contributed by atoms with E-state index in [0.717, 1.165) is 48.0 Å². The van der Waals surface area contributed by atoms with Crippen LogP contribution in [0.4, 0.5) is 0 Å². The summed E-state index contributed by atoms with van der Waals surface area (Å²) in [6.45, 7) is 6.54. The number of piperidine rings is 1. The van der Waals surface area contributed by atoms with Gasteiger partial charge >= 0.3 is 0 Å². The van der Waals surface area contributed by atoms with E-state index in [1.165, 1.54) is 0 Å². The first-order valence-corrected chi connectivity index (χ1v) is 11.4. The lowest BCUT2D eigenvalue weighted by molar-refractivity contribution is 0.0987. The highest BCUT2D eigenvalue weighted by molar-refractivity contribution is 5.95. The predicted molar refractivity (Wildman–Crippen MR) is 125 cm³/mol. The lowest BCUT2D eigenvalue weighted by Crippen LogP contribution is -2.39. The van der Waals surface area contributed by atoms with E-state index >= 15 is 0 Å². The zero-order valence-electron chi connectivity index (χ0n) is 19.2. The topological polar surface area (TPSA) is 94.6 Å². The first-order chi connectivity index (χ1) is 16.0. The molecule has 0 atom stereocenters. The number of nitrogens with zero attached hydrogens (tertiary/aromatic N) is 8. The zero-order valence-corrected chi connectivity index (χ0v) is 19.2. The van der Waals surface area contributed by atoms with Crippen LogP contribution < -0.4 is 0 Å². The number of aromatic nitrogens is 7. The summed E-state index contributed by atoms with van der Waals surface area (Å²) >= 11 is 0. The highest BCUT2D eigenvalue weighted by Gasteiger charge is 2.24. The first-order valence-electron chi connectivity index (χ1n) is 11.4. The maximum atomic E-state index is 12.9. The van der Waals surface area contributed by atoms with Crippen LogP contribution in [-0.4, -0.2) is 64.6 Å². The van der Waals surface area contributed by atoms with Gasteiger partial charge in [-0.05, 0) is 44.2 Å². The maximum absolute atomic E-state index is 12.9. The highest BCUT2D eigenvalue weighted by Crippen LogP contribution is 2.24. The van der Waals surface area contributed by atoms with E-state index in [4.69, 9.17) is 0 Å². The third kappa shape index (κ3) is 4.54. The van der Waals surface area contributed by atoms with Crippen LogP contribution in [0.25, 0.3) is 22.0 Å². The van der Waals surface area contributed by atoms with Gasteiger partial charge in [-0.25, -0.2) is 4.68 Å². The molecule has 0 saturated carbocycles. The normalized spacial score (nSPS) is 15.5. The van der Waals surface area contributed by atoms with Crippen LogP contribution in [-0.2, 0) is 13.5 Å². The molecule has 1 saturated heterocycles. The molecule has 0 unspecified atom stereocenters. The summed E-state index contributed by atoms with van der Waals surface area (Å²) in [5.41, 5.74) is 2.89. The van der Waals surface area contributed by atoms with Crippen molar-refractivity contribution in [1.82, 2.24) is 39.6 Å². The zero-order chi connectivity index (χ0) is 22.9. The fraction of sp³-hybridized carbons (Fsp3) is 0.417. The fourth-order valence-electron chi connectivity index (χ4n) is 4.40. The summed E-state index contributed by atoms with van der Waals surface area (Å²) in [6.07, 6.45) is 11.3. The van der Waals surface area contributed by atoms with Crippen molar-refractivity contribution in [3.8, 4) is 11.3 Å². The number of pyridine rings is 2. The largest absolute Gasteiger partial charge is 0.301 e. The van der Waals surface area contributed by atoms with Gasteiger partial charge < -0.3 is 4.90 Å². The number of Topliss-reactive ketones (excluding diaryl/α,β-unsaturated/α-hetero) is 1. The van der Waals surface area contributed by atoms with Gasteiger partial charge in [-0.15, -0.1) is 5.10 Å². The molecule has 1 aliphatic rings. The molecule has 0 bridgehead atoms. The van der Waals surface area contributed by atoms with Crippen molar-refractivity contribution in [2.24, 2.45) is 7.05 Å². The highest BCUT2D eigenvalue weighted by atomic mass is 16.1.